The van der Waals surface area contributed by atoms with Gasteiger partial charge in [-0.25, -0.2) is 4.79 Å². The summed E-state index contributed by atoms with van der Waals surface area (Å²) in [5, 5.41) is 19.0. The molecule has 1 amide bonds. The summed E-state index contributed by atoms with van der Waals surface area (Å²) in [6, 6.07) is 22.3. The van der Waals surface area contributed by atoms with Crippen molar-refractivity contribution in [2.45, 2.75) is 12.5 Å². The van der Waals surface area contributed by atoms with Crippen LogP contribution in [-0.2, 0) is 11.3 Å². The molecule has 0 spiro atoms. The van der Waals surface area contributed by atoms with Crippen LogP contribution >= 0.6 is 22.6 Å². The molecule has 1 saturated heterocycles. The molecule has 2 N–H and O–H groups in total. The van der Waals surface area contributed by atoms with Crippen molar-refractivity contribution in [3.63, 3.8) is 0 Å². The maximum atomic E-state index is 12.8. The van der Waals surface area contributed by atoms with E-state index in [4.69, 9.17) is 4.74 Å². The third kappa shape index (κ3) is 4.86. The van der Waals surface area contributed by atoms with Crippen LogP contribution in [0.2, 0.25) is 0 Å². The lowest BCUT2D eigenvalue weighted by Gasteiger charge is -2.34. The smallest absolute Gasteiger partial charge is 0.448 e. The van der Waals surface area contributed by atoms with E-state index in [2.05, 4.69) is 51.8 Å². The number of carbonyl (C=O) groups excluding carboxylic acids is 1. The number of ether oxygens (including phenoxy) is 1. The Morgan fingerprint density at radius 1 is 0.941 bits per heavy atom. The van der Waals surface area contributed by atoms with E-state index < -0.39 is 7.12 Å². The van der Waals surface area contributed by atoms with Crippen molar-refractivity contribution in [1.29, 1.82) is 0 Å². The fraction of sp³-hybridized carbons (Fsp3) is 0.269. The maximum Gasteiger partial charge on any atom is 0.488 e. The number of hydrogen-bond donors (Lipinski definition) is 2. The molecule has 34 heavy (non-hydrogen) atoms. The van der Waals surface area contributed by atoms with Gasteiger partial charge in [0.05, 0.1) is 0 Å². The van der Waals surface area contributed by atoms with E-state index >= 15 is 0 Å². The molecule has 0 saturated carbocycles. The summed E-state index contributed by atoms with van der Waals surface area (Å²) in [5.41, 5.74) is 6.40. The second-order valence-corrected chi connectivity index (χ2v) is 10.1. The second-order valence-electron chi connectivity index (χ2n) is 8.83. The molecule has 5 rings (SSSR count). The summed E-state index contributed by atoms with van der Waals surface area (Å²) >= 11 is 2.19. The topological polar surface area (TPSA) is 73.2 Å². The molecule has 1 heterocycles. The molecular weight excluding hydrogens is 542 g/mol. The number of piperazine rings is 1. The van der Waals surface area contributed by atoms with Gasteiger partial charge in [0.1, 0.15) is 6.61 Å². The van der Waals surface area contributed by atoms with Crippen LogP contribution in [0.4, 0.5) is 4.79 Å². The van der Waals surface area contributed by atoms with Gasteiger partial charge in [-0.05, 0) is 68.0 Å². The highest BCUT2D eigenvalue weighted by molar-refractivity contribution is 14.1. The lowest BCUT2D eigenvalue weighted by Crippen LogP contribution is -2.48. The Labute approximate surface area is 213 Å². The van der Waals surface area contributed by atoms with E-state index in [1.165, 1.54) is 22.3 Å². The van der Waals surface area contributed by atoms with Gasteiger partial charge in [-0.2, -0.15) is 0 Å². The van der Waals surface area contributed by atoms with Crippen LogP contribution < -0.4 is 5.46 Å². The number of halogens is 1. The van der Waals surface area contributed by atoms with Gasteiger partial charge >= 0.3 is 13.2 Å². The Hall–Kier alpha value is -2.40. The molecule has 174 valence electrons. The maximum absolute atomic E-state index is 12.8. The van der Waals surface area contributed by atoms with E-state index in [1.807, 2.05) is 36.4 Å². The standard InChI is InChI=1S/C26H26BIN2O4/c28-20-14-18(13-19(15-20)27(32)33)16-29-9-11-30(12-10-29)26(31)34-17-25-23-7-3-1-5-21(23)22-6-2-4-8-24(22)25/h1-8,13-15,25,32-33H,9-12,16-17H2. The number of hydrogen-bond acceptors (Lipinski definition) is 5. The van der Waals surface area contributed by atoms with Gasteiger partial charge in [-0.15, -0.1) is 0 Å². The van der Waals surface area contributed by atoms with Gasteiger partial charge in [0.25, 0.3) is 0 Å². The largest absolute Gasteiger partial charge is 0.488 e. The summed E-state index contributed by atoms with van der Waals surface area (Å²) in [6.07, 6.45) is -0.263. The molecule has 0 bridgehead atoms. The van der Waals surface area contributed by atoms with E-state index in [1.54, 1.807) is 11.0 Å². The fourth-order valence-electron chi connectivity index (χ4n) is 4.95. The van der Waals surface area contributed by atoms with Gasteiger partial charge in [-0.3, -0.25) is 4.90 Å². The molecule has 0 aromatic heterocycles. The van der Waals surface area contributed by atoms with Crippen LogP contribution in [0.3, 0.4) is 0 Å². The van der Waals surface area contributed by atoms with E-state index in [0.29, 0.717) is 31.7 Å². The molecule has 0 radical (unpaired) electrons. The summed E-state index contributed by atoms with van der Waals surface area (Å²) in [4.78, 5) is 16.9. The molecule has 6 nitrogen and oxygen atoms in total. The number of rotatable bonds is 5. The zero-order chi connectivity index (χ0) is 23.7. The molecule has 3 aromatic rings. The van der Waals surface area contributed by atoms with Crippen molar-refractivity contribution in [1.82, 2.24) is 9.80 Å². The first-order valence-electron chi connectivity index (χ1n) is 11.5. The van der Waals surface area contributed by atoms with Crippen molar-refractivity contribution in [3.8, 4) is 11.1 Å². The summed E-state index contributed by atoms with van der Waals surface area (Å²) in [7, 11) is -1.47. The third-order valence-corrected chi connectivity index (χ3v) is 7.27. The van der Waals surface area contributed by atoms with Crippen molar-refractivity contribution in [2.24, 2.45) is 0 Å². The lowest BCUT2D eigenvalue weighted by molar-refractivity contribution is 0.0728. The Morgan fingerprint density at radius 3 is 2.18 bits per heavy atom. The van der Waals surface area contributed by atoms with Crippen LogP contribution in [0.1, 0.15) is 22.6 Å². The van der Waals surface area contributed by atoms with Gasteiger partial charge in [-0.1, -0.05) is 54.6 Å². The highest BCUT2D eigenvalue weighted by atomic mass is 127. The van der Waals surface area contributed by atoms with E-state index in [-0.39, 0.29) is 12.0 Å². The predicted molar refractivity (Wildman–Crippen MR) is 141 cm³/mol. The first kappa shape index (κ1) is 23.4. The Balaban J connectivity index is 1.17. The molecule has 1 aliphatic heterocycles. The van der Waals surface area contributed by atoms with Gasteiger partial charge in [0.2, 0.25) is 0 Å². The van der Waals surface area contributed by atoms with E-state index in [0.717, 1.165) is 22.2 Å². The van der Waals surface area contributed by atoms with Crippen LogP contribution in [0.5, 0.6) is 0 Å². The molecule has 1 aliphatic carbocycles. The Morgan fingerprint density at radius 2 is 1.56 bits per heavy atom. The summed E-state index contributed by atoms with van der Waals surface area (Å²) in [5.74, 6) is 0.0641. The molecule has 2 aliphatic rings. The summed E-state index contributed by atoms with van der Waals surface area (Å²) < 4.78 is 6.77. The number of fused-ring (bicyclic) bond motifs is 3. The van der Waals surface area contributed by atoms with Crippen molar-refractivity contribution >= 4 is 41.3 Å². The summed E-state index contributed by atoms with van der Waals surface area (Å²) in [6.45, 7) is 3.74. The first-order valence-corrected chi connectivity index (χ1v) is 12.6. The molecule has 1 fully saturated rings. The molecule has 0 unspecified atom stereocenters. The normalized spacial score (nSPS) is 15.7. The van der Waals surface area contributed by atoms with Crippen molar-refractivity contribution in [3.05, 3.63) is 87.0 Å². The SMILES string of the molecule is O=C(OCC1c2ccccc2-c2ccccc21)N1CCN(Cc2cc(I)cc(B(O)O)c2)CC1. The number of benzene rings is 3. The van der Waals surface area contributed by atoms with Crippen molar-refractivity contribution in [2.75, 3.05) is 32.8 Å². The zero-order valence-electron chi connectivity index (χ0n) is 18.7. The predicted octanol–water partition coefficient (Wildman–Crippen LogP) is 3.04. The molecular formula is C26H26BIN2O4. The third-order valence-electron chi connectivity index (χ3n) is 6.65. The molecule has 3 aromatic carbocycles. The van der Waals surface area contributed by atoms with Gasteiger partial charge in [0.15, 0.2) is 0 Å². The van der Waals surface area contributed by atoms with Crippen LogP contribution in [0.15, 0.2) is 66.7 Å². The quantitative estimate of drug-likeness (QED) is 0.366. The van der Waals surface area contributed by atoms with Crippen molar-refractivity contribution < 1.29 is 19.6 Å². The average Bonchev–Trinajstić information content (AvgIpc) is 3.16. The number of nitrogens with zero attached hydrogens (tertiary/aromatic N) is 2. The Bertz CT molecular complexity index is 1150. The highest BCUT2D eigenvalue weighted by Gasteiger charge is 2.30. The number of carbonyl (C=O) groups is 1. The highest BCUT2D eigenvalue weighted by Crippen LogP contribution is 2.44. The lowest BCUT2D eigenvalue weighted by atomic mass is 9.79. The zero-order valence-corrected chi connectivity index (χ0v) is 20.9. The first-order chi connectivity index (χ1) is 16.5. The van der Waals surface area contributed by atoms with E-state index in [9.17, 15) is 14.8 Å². The minimum atomic E-state index is -1.47. The van der Waals surface area contributed by atoms with Crippen LogP contribution in [-0.4, -0.2) is 65.8 Å². The van der Waals surface area contributed by atoms with Gasteiger partial charge in [0, 0.05) is 42.2 Å². The Kier molecular flexibility index (Phi) is 6.92. The van der Waals surface area contributed by atoms with Crippen LogP contribution in [0.25, 0.3) is 11.1 Å². The minimum absolute atomic E-state index is 0.0641. The number of amides is 1. The average molecular weight is 568 g/mol. The van der Waals surface area contributed by atoms with Gasteiger partial charge < -0.3 is 19.7 Å². The molecule has 0 atom stereocenters. The fourth-order valence-corrected chi connectivity index (χ4v) is 5.71. The second kappa shape index (κ2) is 10.1. The molecule has 8 heteroatoms. The minimum Gasteiger partial charge on any atom is -0.448 e. The van der Waals surface area contributed by atoms with Crippen LogP contribution in [0, 0.1) is 3.57 Å². The monoisotopic (exact) mass is 568 g/mol.